The summed E-state index contributed by atoms with van der Waals surface area (Å²) in [5, 5.41) is 0.625. The number of hydrogen-bond acceptors (Lipinski definition) is 5. The first-order valence-corrected chi connectivity index (χ1v) is 11.1. The second-order valence-electron chi connectivity index (χ2n) is 6.76. The maximum atomic E-state index is 14.2. The Hall–Kier alpha value is -2.87. The average Bonchev–Trinajstić information content (AvgIpc) is 3.06. The van der Waals surface area contributed by atoms with Gasteiger partial charge in [-0.1, -0.05) is 72.0 Å². The maximum Gasteiger partial charge on any atom is 0.270 e. The Kier molecular flexibility index (Phi) is 6.79. The summed E-state index contributed by atoms with van der Waals surface area (Å²) in [6.45, 7) is 0.288. The number of amides is 1. The molecule has 3 aromatic carbocycles. The zero-order valence-electron chi connectivity index (χ0n) is 16.9. The third kappa shape index (κ3) is 4.65. The van der Waals surface area contributed by atoms with Crippen molar-refractivity contribution in [3.63, 3.8) is 0 Å². The van der Waals surface area contributed by atoms with Crippen molar-refractivity contribution in [2.45, 2.75) is 6.61 Å². The summed E-state index contributed by atoms with van der Waals surface area (Å²) in [4.78, 5) is 14.5. The van der Waals surface area contributed by atoms with E-state index in [0.29, 0.717) is 21.4 Å². The van der Waals surface area contributed by atoms with E-state index in [2.05, 4.69) is 0 Å². The Balaban J connectivity index is 1.55. The smallest absolute Gasteiger partial charge is 0.270 e. The number of carbonyl (C=O) groups excluding carboxylic acids is 1. The molecule has 1 saturated heterocycles. The van der Waals surface area contributed by atoms with Gasteiger partial charge in [0.1, 0.15) is 12.4 Å². The van der Waals surface area contributed by atoms with Crippen molar-refractivity contribution in [3.05, 3.63) is 93.6 Å². The second-order valence-corrected chi connectivity index (χ2v) is 8.84. The third-order valence-electron chi connectivity index (χ3n) is 4.71. The first-order valence-electron chi connectivity index (χ1n) is 9.54. The zero-order chi connectivity index (χ0) is 22.7. The Bertz CT molecular complexity index is 1230. The number of hydrogen-bond donors (Lipinski definition) is 0. The predicted molar refractivity (Wildman–Crippen MR) is 131 cm³/mol. The fourth-order valence-electron chi connectivity index (χ4n) is 3.12. The minimum atomic E-state index is -0.508. The summed E-state index contributed by atoms with van der Waals surface area (Å²) < 4.78 is 25.8. The number of thioether (sulfide) groups is 1. The molecule has 0 radical (unpaired) electrons. The van der Waals surface area contributed by atoms with Crippen LogP contribution in [0.2, 0.25) is 5.02 Å². The summed E-state index contributed by atoms with van der Waals surface area (Å²) in [5.41, 5.74) is 1.72. The van der Waals surface area contributed by atoms with Crippen LogP contribution in [0.25, 0.3) is 6.08 Å². The summed E-state index contributed by atoms with van der Waals surface area (Å²) in [7, 11) is 1.54. The van der Waals surface area contributed by atoms with Crippen molar-refractivity contribution in [1.29, 1.82) is 0 Å². The number of para-hydroxylation sites is 1. The van der Waals surface area contributed by atoms with E-state index in [9.17, 15) is 9.18 Å². The highest BCUT2D eigenvalue weighted by molar-refractivity contribution is 8.27. The average molecular weight is 486 g/mol. The fourth-order valence-corrected chi connectivity index (χ4v) is 4.60. The standard InChI is InChI=1S/C24H17ClFNO3S2/c1-29-21-12-15(10-11-20(21)30-14-16-6-2-3-7-17(16)25)13-22-23(28)27(24(31)32-22)19-9-5-4-8-18(19)26/h2-13H,14H2,1H3. The monoisotopic (exact) mass is 485 g/mol. The van der Waals surface area contributed by atoms with Gasteiger partial charge < -0.3 is 9.47 Å². The molecule has 1 aliphatic rings. The van der Waals surface area contributed by atoms with E-state index in [1.54, 1.807) is 49.6 Å². The van der Waals surface area contributed by atoms with E-state index in [4.69, 9.17) is 33.3 Å². The highest BCUT2D eigenvalue weighted by Crippen LogP contribution is 2.38. The molecule has 0 atom stereocenters. The molecule has 1 aliphatic heterocycles. The molecule has 0 bridgehead atoms. The number of carbonyl (C=O) groups is 1. The highest BCUT2D eigenvalue weighted by Gasteiger charge is 2.34. The van der Waals surface area contributed by atoms with Crippen molar-refractivity contribution < 1.29 is 18.7 Å². The normalized spacial score (nSPS) is 14.8. The molecular weight excluding hydrogens is 469 g/mol. The second kappa shape index (κ2) is 9.73. The summed E-state index contributed by atoms with van der Waals surface area (Å²) in [6, 6.07) is 18.8. The number of ether oxygens (including phenoxy) is 2. The maximum absolute atomic E-state index is 14.2. The molecule has 0 N–H and O–H groups in total. The van der Waals surface area contributed by atoms with Crippen molar-refractivity contribution >= 4 is 57.6 Å². The van der Waals surface area contributed by atoms with E-state index in [0.717, 1.165) is 22.9 Å². The Morgan fingerprint density at radius 3 is 2.59 bits per heavy atom. The van der Waals surface area contributed by atoms with Crippen molar-refractivity contribution in [2.75, 3.05) is 12.0 Å². The molecule has 0 aromatic heterocycles. The number of rotatable bonds is 6. The van der Waals surface area contributed by atoms with E-state index in [1.165, 1.54) is 17.0 Å². The molecule has 8 heteroatoms. The molecule has 1 fully saturated rings. The first-order chi connectivity index (χ1) is 15.5. The zero-order valence-corrected chi connectivity index (χ0v) is 19.3. The van der Waals surface area contributed by atoms with Crippen LogP contribution in [0, 0.1) is 5.82 Å². The van der Waals surface area contributed by atoms with E-state index in [-0.39, 0.29) is 22.5 Å². The lowest BCUT2D eigenvalue weighted by Crippen LogP contribution is -2.28. The lowest BCUT2D eigenvalue weighted by Gasteiger charge is -2.15. The molecule has 1 amide bonds. The molecule has 4 nitrogen and oxygen atoms in total. The quantitative estimate of drug-likeness (QED) is 0.295. The summed E-state index contributed by atoms with van der Waals surface area (Å²) in [6.07, 6.45) is 1.69. The Labute approximate surface area is 199 Å². The van der Waals surface area contributed by atoms with Gasteiger partial charge in [0.15, 0.2) is 15.8 Å². The van der Waals surface area contributed by atoms with Gasteiger partial charge in [0, 0.05) is 10.6 Å². The van der Waals surface area contributed by atoms with Crippen LogP contribution >= 0.6 is 35.6 Å². The third-order valence-corrected chi connectivity index (χ3v) is 6.38. The molecular formula is C24H17ClFNO3S2. The number of nitrogens with zero attached hydrogens (tertiary/aromatic N) is 1. The number of thiocarbonyl (C=S) groups is 1. The SMILES string of the molecule is COc1cc(C=C2SC(=S)N(c3ccccc3F)C2=O)ccc1OCc1ccccc1Cl. The lowest BCUT2D eigenvalue weighted by atomic mass is 10.1. The molecule has 162 valence electrons. The van der Waals surface area contributed by atoms with Crippen LogP contribution in [0.4, 0.5) is 10.1 Å². The molecule has 0 aliphatic carbocycles. The molecule has 1 heterocycles. The van der Waals surface area contributed by atoms with Gasteiger partial charge in [-0.15, -0.1) is 0 Å². The minimum absolute atomic E-state index is 0.138. The van der Waals surface area contributed by atoms with E-state index in [1.807, 2.05) is 18.2 Å². The first kappa shape index (κ1) is 22.3. The molecule has 3 aromatic rings. The fraction of sp³-hybridized carbons (Fsp3) is 0.0833. The lowest BCUT2D eigenvalue weighted by molar-refractivity contribution is -0.113. The van der Waals surface area contributed by atoms with Gasteiger partial charge in [-0.2, -0.15) is 0 Å². The number of halogens is 2. The van der Waals surface area contributed by atoms with E-state index >= 15 is 0 Å². The molecule has 32 heavy (non-hydrogen) atoms. The number of methoxy groups -OCH3 is 1. The van der Waals surface area contributed by atoms with E-state index < -0.39 is 5.82 Å². The van der Waals surface area contributed by atoms with Gasteiger partial charge in [0.25, 0.3) is 5.91 Å². The predicted octanol–water partition coefficient (Wildman–Crippen LogP) is 6.47. The number of anilines is 1. The van der Waals surface area contributed by atoms with Crippen molar-refractivity contribution in [2.24, 2.45) is 0 Å². The van der Waals surface area contributed by atoms with Crippen LogP contribution in [0.15, 0.2) is 71.6 Å². The minimum Gasteiger partial charge on any atom is -0.493 e. The van der Waals surface area contributed by atoms with Crippen LogP contribution in [-0.4, -0.2) is 17.3 Å². The van der Waals surface area contributed by atoms with Crippen LogP contribution in [0.5, 0.6) is 11.5 Å². The van der Waals surface area contributed by atoms with Crippen LogP contribution < -0.4 is 14.4 Å². The van der Waals surface area contributed by atoms with Gasteiger partial charge in [0.2, 0.25) is 0 Å². The molecule has 0 saturated carbocycles. The molecule has 0 spiro atoms. The summed E-state index contributed by atoms with van der Waals surface area (Å²) in [5.74, 6) is 0.175. The number of benzene rings is 3. The van der Waals surface area contributed by atoms with Crippen molar-refractivity contribution in [1.82, 2.24) is 0 Å². The topological polar surface area (TPSA) is 38.8 Å². The Morgan fingerprint density at radius 1 is 1.09 bits per heavy atom. The van der Waals surface area contributed by atoms with Crippen LogP contribution in [-0.2, 0) is 11.4 Å². The molecule has 4 rings (SSSR count). The van der Waals surface area contributed by atoms with Crippen molar-refractivity contribution in [3.8, 4) is 11.5 Å². The highest BCUT2D eigenvalue weighted by atomic mass is 35.5. The Morgan fingerprint density at radius 2 is 1.84 bits per heavy atom. The van der Waals surface area contributed by atoms with Crippen LogP contribution in [0.3, 0.4) is 0 Å². The van der Waals surface area contributed by atoms with Gasteiger partial charge in [-0.05, 0) is 42.0 Å². The van der Waals surface area contributed by atoms with Gasteiger partial charge in [-0.25, -0.2) is 4.39 Å². The van der Waals surface area contributed by atoms with Crippen LogP contribution in [0.1, 0.15) is 11.1 Å². The molecule has 0 unspecified atom stereocenters. The largest absolute Gasteiger partial charge is 0.493 e. The van der Waals surface area contributed by atoms with Gasteiger partial charge in [0.05, 0.1) is 17.7 Å². The summed E-state index contributed by atoms with van der Waals surface area (Å²) >= 11 is 12.6. The van der Waals surface area contributed by atoms with Gasteiger partial charge in [-0.3, -0.25) is 9.69 Å². The van der Waals surface area contributed by atoms with Gasteiger partial charge >= 0.3 is 0 Å².